The first-order valence-corrected chi connectivity index (χ1v) is 3.96. The van der Waals surface area contributed by atoms with Gasteiger partial charge >= 0.3 is 0 Å². The molecule has 0 amide bonds. The average molecular weight is 172 g/mol. The van der Waals surface area contributed by atoms with Crippen molar-refractivity contribution in [3.8, 4) is 0 Å². The molecule has 0 aromatic carbocycles. The Labute approximate surface area is 72.8 Å². The Kier molecular flexibility index (Phi) is 2.14. The minimum absolute atomic E-state index is 0.203. The minimum Gasteiger partial charge on any atom is -0.482 e. The zero-order chi connectivity index (χ0) is 9.41. The van der Waals surface area contributed by atoms with Crippen LogP contribution in [0.4, 0.5) is 0 Å². The lowest BCUT2D eigenvalue weighted by Gasteiger charge is -2.29. The van der Waals surface area contributed by atoms with Crippen LogP contribution in [0.25, 0.3) is 0 Å². The van der Waals surface area contributed by atoms with Crippen molar-refractivity contribution in [2.24, 2.45) is 10.7 Å². The van der Waals surface area contributed by atoms with Crippen molar-refractivity contribution >= 4 is 5.90 Å². The molecule has 0 fully saturated rings. The lowest BCUT2D eigenvalue weighted by Crippen LogP contribution is -2.45. The summed E-state index contributed by atoms with van der Waals surface area (Å²) in [6.07, 6.45) is 0. The van der Waals surface area contributed by atoms with Crippen LogP contribution in [-0.4, -0.2) is 30.9 Å². The van der Waals surface area contributed by atoms with Gasteiger partial charge in [-0.1, -0.05) is 0 Å². The summed E-state index contributed by atoms with van der Waals surface area (Å²) in [5.41, 5.74) is 4.61. The summed E-state index contributed by atoms with van der Waals surface area (Å²) >= 11 is 0. The summed E-state index contributed by atoms with van der Waals surface area (Å²) in [4.78, 5) is 4.21. The van der Waals surface area contributed by atoms with Gasteiger partial charge in [0.2, 0.25) is 5.90 Å². The molecule has 1 heterocycles. The number of aliphatic imine (C=N–C) groups is 1. The number of nitrogens with two attached hydrogens (primary N) is 1. The van der Waals surface area contributed by atoms with Gasteiger partial charge in [-0.3, -0.25) is 0 Å². The van der Waals surface area contributed by atoms with Crippen LogP contribution >= 0.6 is 0 Å². The molecule has 0 aromatic heterocycles. The molecule has 0 bridgehead atoms. The molecule has 4 nitrogen and oxygen atoms in total. The number of hydrogen-bond acceptors (Lipinski definition) is 4. The van der Waals surface area contributed by atoms with E-state index >= 15 is 0 Å². The molecule has 1 aliphatic rings. The number of ether oxygens (including phenoxy) is 2. The zero-order valence-electron chi connectivity index (χ0n) is 8.05. The molecule has 1 aliphatic heterocycles. The largest absolute Gasteiger partial charge is 0.482 e. The van der Waals surface area contributed by atoms with Gasteiger partial charge in [0, 0.05) is 0 Å². The Morgan fingerprint density at radius 1 is 1.58 bits per heavy atom. The van der Waals surface area contributed by atoms with E-state index in [1.54, 1.807) is 7.11 Å². The molecule has 1 atom stereocenters. The first-order valence-electron chi connectivity index (χ1n) is 3.96. The molecule has 2 N–H and O–H groups in total. The Bertz CT molecular complexity index is 210. The maximum absolute atomic E-state index is 5.37. The van der Waals surface area contributed by atoms with Gasteiger partial charge in [0.1, 0.15) is 0 Å². The van der Waals surface area contributed by atoms with Crippen LogP contribution in [0.2, 0.25) is 0 Å². The van der Waals surface area contributed by atoms with E-state index in [0.717, 1.165) is 5.90 Å². The topological polar surface area (TPSA) is 56.8 Å². The molecule has 0 aromatic rings. The predicted molar refractivity (Wildman–Crippen MR) is 47.1 cm³/mol. The number of hydrogen-bond donors (Lipinski definition) is 1. The Balaban J connectivity index is 2.60. The van der Waals surface area contributed by atoms with Crippen molar-refractivity contribution in [1.82, 2.24) is 0 Å². The maximum Gasteiger partial charge on any atom is 0.215 e. The van der Waals surface area contributed by atoms with Gasteiger partial charge in [0.15, 0.2) is 5.54 Å². The lowest BCUT2D eigenvalue weighted by molar-refractivity contribution is -0.0362. The summed E-state index contributed by atoms with van der Waals surface area (Å²) in [6, 6.07) is 0. The Morgan fingerprint density at radius 3 is 2.50 bits per heavy atom. The summed E-state index contributed by atoms with van der Waals surface area (Å²) < 4.78 is 10.4. The lowest BCUT2D eigenvalue weighted by atomic mass is 9.90. The van der Waals surface area contributed by atoms with E-state index in [2.05, 4.69) is 4.99 Å². The van der Waals surface area contributed by atoms with E-state index in [-0.39, 0.29) is 17.9 Å². The van der Waals surface area contributed by atoms with Crippen LogP contribution < -0.4 is 5.73 Å². The Morgan fingerprint density at radius 2 is 2.17 bits per heavy atom. The molecule has 0 aliphatic carbocycles. The zero-order valence-corrected chi connectivity index (χ0v) is 8.05. The van der Waals surface area contributed by atoms with E-state index in [1.807, 2.05) is 20.8 Å². The second-order valence-corrected chi connectivity index (χ2v) is 3.51. The highest BCUT2D eigenvalue weighted by Gasteiger charge is 2.57. The minimum atomic E-state index is -0.382. The normalized spacial score (nSPS) is 28.2. The molecule has 0 saturated carbocycles. The average Bonchev–Trinajstić information content (AvgIpc) is 2.63. The van der Waals surface area contributed by atoms with Crippen LogP contribution in [0, 0.1) is 0 Å². The third kappa shape index (κ3) is 1.21. The van der Waals surface area contributed by atoms with Crippen molar-refractivity contribution in [1.29, 1.82) is 0 Å². The molecule has 70 valence electrons. The highest BCUT2D eigenvalue weighted by atomic mass is 16.5. The predicted octanol–water partition coefficient (Wildman–Crippen LogP) is 0.515. The van der Waals surface area contributed by atoms with Crippen molar-refractivity contribution < 1.29 is 9.47 Å². The molecular weight excluding hydrogens is 156 g/mol. The van der Waals surface area contributed by atoms with Crippen molar-refractivity contribution in [3.05, 3.63) is 0 Å². The van der Waals surface area contributed by atoms with Crippen LogP contribution in [0.15, 0.2) is 4.99 Å². The highest BCUT2D eigenvalue weighted by Crippen LogP contribution is 2.40. The van der Waals surface area contributed by atoms with Gasteiger partial charge in [0.05, 0.1) is 19.4 Å². The SMILES string of the molecule is COC1=NC1(C)C(C)(C)OCN. The molecule has 1 unspecified atom stereocenters. The van der Waals surface area contributed by atoms with Gasteiger partial charge in [-0.05, 0) is 20.8 Å². The monoisotopic (exact) mass is 172 g/mol. The van der Waals surface area contributed by atoms with E-state index in [1.165, 1.54) is 0 Å². The Hall–Kier alpha value is -0.610. The van der Waals surface area contributed by atoms with Gasteiger partial charge in [-0.15, -0.1) is 0 Å². The molecule has 0 saturated heterocycles. The van der Waals surface area contributed by atoms with E-state index in [0.29, 0.717) is 0 Å². The maximum atomic E-state index is 5.37. The number of rotatable bonds is 3. The third-order valence-corrected chi connectivity index (χ3v) is 2.50. The molecule has 0 radical (unpaired) electrons. The van der Waals surface area contributed by atoms with Crippen molar-refractivity contribution in [3.63, 3.8) is 0 Å². The van der Waals surface area contributed by atoms with Crippen LogP contribution in [-0.2, 0) is 9.47 Å². The van der Waals surface area contributed by atoms with Crippen molar-refractivity contribution in [2.45, 2.75) is 31.9 Å². The second-order valence-electron chi connectivity index (χ2n) is 3.51. The summed E-state index contributed by atoms with van der Waals surface area (Å²) in [7, 11) is 1.61. The number of nitrogens with zero attached hydrogens (tertiary/aromatic N) is 1. The van der Waals surface area contributed by atoms with Gasteiger partial charge in [0.25, 0.3) is 0 Å². The first-order chi connectivity index (χ1) is 5.48. The highest BCUT2D eigenvalue weighted by molar-refractivity contribution is 5.99. The molecule has 0 spiro atoms. The first kappa shape index (κ1) is 9.48. The smallest absolute Gasteiger partial charge is 0.215 e. The standard InChI is InChI=1S/C8H16N2O2/c1-7(2,12-5-9)8(3)6(10-8)11-4/h5,9H2,1-4H3. The molecular formula is C8H16N2O2. The van der Waals surface area contributed by atoms with Crippen molar-refractivity contribution in [2.75, 3.05) is 13.8 Å². The molecule has 1 rings (SSSR count). The van der Waals surface area contributed by atoms with Gasteiger partial charge < -0.3 is 15.2 Å². The van der Waals surface area contributed by atoms with Gasteiger partial charge in [-0.25, -0.2) is 4.99 Å². The van der Waals surface area contributed by atoms with Crippen LogP contribution in [0.3, 0.4) is 0 Å². The molecule has 12 heavy (non-hydrogen) atoms. The summed E-state index contributed by atoms with van der Waals surface area (Å²) in [6.45, 7) is 6.08. The summed E-state index contributed by atoms with van der Waals surface area (Å²) in [5, 5.41) is 0. The van der Waals surface area contributed by atoms with Crippen LogP contribution in [0.5, 0.6) is 0 Å². The van der Waals surface area contributed by atoms with E-state index < -0.39 is 0 Å². The fourth-order valence-corrected chi connectivity index (χ4v) is 1.16. The number of methoxy groups -OCH3 is 1. The van der Waals surface area contributed by atoms with E-state index in [4.69, 9.17) is 15.2 Å². The van der Waals surface area contributed by atoms with E-state index in [9.17, 15) is 0 Å². The fraction of sp³-hybridized carbons (Fsp3) is 0.875. The second kappa shape index (κ2) is 2.71. The summed E-state index contributed by atoms with van der Waals surface area (Å²) in [5.74, 6) is 0.737. The quantitative estimate of drug-likeness (QED) is 0.631. The van der Waals surface area contributed by atoms with Crippen LogP contribution in [0.1, 0.15) is 20.8 Å². The fourth-order valence-electron chi connectivity index (χ4n) is 1.16. The van der Waals surface area contributed by atoms with Gasteiger partial charge in [-0.2, -0.15) is 0 Å². The molecule has 4 heteroatoms. The third-order valence-electron chi connectivity index (χ3n) is 2.50.